The molecule has 0 aliphatic carbocycles. The van der Waals surface area contributed by atoms with E-state index in [-0.39, 0.29) is 18.1 Å². The van der Waals surface area contributed by atoms with Crippen LogP contribution in [-0.4, -0.2) is 23.4 Å². The van der Waals surface area contributed by atoms with Crippen molar-refractivity contribution in [2.75, 3.05) is 6.61 Å². The van der Waals surface area contributed by atoms with Gasteiger partial charge in [0.1, 0.15) is 5.60 Å². The van der Waals surface area contributed by atoms with Crippen LogP contribution in [0.2, 0.25) is 0 Å². The van der Waals surface area contributed by atoms with E-state index in [4.69, 9.17) is 9.47 Å². The summed E-state index contributed by atoms with van der Waals surface area (Å²) in [5.41, 5.74) is 1.52. The van der Waals surface area contributed by atoms with Gasteiger partial charge in [-0.2, -0.15) is 0 Å². The minimum atomic E-state index is -0.762. The number of nitro groups is 1. The van der Waals surface area contributed by atoms with Gasteiger partial charge in [-0.05, 0) is 32.0 Å². The Bertz CT molecular complexity index is 892. The van der Waals surface area contributed by atoms with Gasteiger partial charge in [-0.15, -0.1) is 0 Å². The van der Waals surface area contributed by atoms with Gasteiger partial charge in [-0.25, -0.2) is 4.99 Å². The summed E-state index contributed by atoms with van der Waals surface area (Å²) in [5.74, 6) is 0.0918. The Balaban J connectivity index is 1.92. The summed E-state index contributed by atoms with van der Waals surface area (Å²) in [5, 5.41) is 10.9. The molecule has 140 valence electrons. The zero-order chi connectivity index (χ0) is 19.4. The van der Waals surface area contributed by atoms with Crippen LogP contribution in [0.25, 0.3) is 0 Å². The molecule has 2 aromatic rings. The third kappa shape index (κ3) is 3.97. The lowest BCUT2D eigenvalue weighted by atomic mass is 9.88. The van der Waals surface area contributed by atoms with Crippen molar-refractivity contribution in [3.8, 4) is 0 Å². The fourth-order valence-electron chi connectivity index (χ4n) is 3.03. The van der Waals surface area contributed by atoms with E-state index in [1.165, 1.54) is 12.1 Å². The molecule has 1 heterocycles. The number of fused-ring (bicyclic) bond motifs is 1. The normalized spacial score (nSPS) is 18.1. The second-order valence-corrected chi connectivity index (χ2v) is 6.38. The molecule has 0 radical (unpaired) electrons. The zero-order valence-corrected chi connectivity index (χ0v) is 15.2. The monoisotopic (exact) mass is 368 g/mol. The summed E-state index contributed by atoms with van der Waals surface area (Å²) < 4.78 is 11.2. The Morgan fingerprint density at radius 1 is 1.22 bits per heavy atom. The molecule has 3 rings (SSSR count). The first-order chi connectivity index (χ1) is 12.9. The van der Waals surface area contributed by atoms with Gasteiger partial charge in [0.25, 0.3) is 5.69 Å². The third-order valence-electron chi connectivity index (χ3n) is 4.45. The lowest BCUT2D eigenvalue weighted by Gasteiger charge is -2.35. The topological polar surface area (TPSA) is 91.0 Å². The number of hydrogen-bond donors (Lipinski definition) is 0. The lowest BCUT2D eigenvalue weighted by Crippen LogP contribution is -2.33. The highest BCUT2D eigenvalue weighted by Crippen LogP contribution is 2.41. The molecule has 0 amide bonds. The van der Waals surface area contributed by atoms with Crippen LogP contribution in [0.15, 0.2) is 53.5 Å². The molecule has 0 fully saturated rings. The van der Waals surface area contributed by atoms with Crippen molar-refractivity contribution in [3.05, 3.63) is 69.8 Å². The molecular formula is C20H20N2O5. The van der Waals surface area contributed by atoms with Gasteiger partial charge in [0.2, 0.25) is 5.90 Å². The lowest BCUT2D eigenvalue weighted by molar-refractivity contribution is -0.384. The van der Waals surface area contributed by atoms with Gasteiger partial charge in [0.05, 0.1) is 17.2 Å². The molecule has 1 unspecified atom stereocenters. The molecule has 0 saturated carbocycles. The van der Waals surface area contributed by atoms with Crippen molar-refractivity contribution >= 4 is 23.2 Å². The SMILES string of the molecule is CCOC(=O)CCC1(C)OC(c2ccc([N+](=O)[O-])cc2)=Nc2ccccc21. The number of carbonyl (C=O) groups is 1. The Kier molecular flexibility index (Phi) is 5.21. The van der Waals surface area contributed by atoms with E-state index in [1.807, 2.05) is 31.2 Å². The average Bonchev–Trinajstić information content (AvgIpc) is 2.67. The Hall–Kier alpha value is -3.22. The highest BCUT2D eigenvalue weighted by Gasteiger charge is 2.36. The van der Waals surface area contributed by atoms with Crippen LogP contribution in [0.5, 0.6) is 0 Å². The molecule has 7 heteroatoms. The predicted octanol–water partition coefficient (Wildman–Crippen LogP) is 4.26. The van der Waals surface area contributed by atoms with E-state index in [0.29, 0.717) is 24.5 Å². The van der Waals surface area contributed by atoms with Gasteiger partial charge in [-0.1, -0.05) is 18.2 Å². The van der Waals surface area contributed by atoms with Crippen molar-refractivity contribution in [3.63, 3.8) is 0 Å². The molecule has 1 atom stereocenters. The first-order valence-corrected chi connectivity index (χ1v) is 8.70. The maximum atomic E-state index is 11.8. The summed E-state index contributed by atoms with van der Waals surface area (Å²) in [6.07, 6.45) is 0.640. The maximum Gasteiger partial charge on any atom is 0.305 e. The van der Waals surface area contributed by atoms with Gasteiger partial charge in [0, 0.05) is 36.1 Å². The highest BCUT2D eigenvalue weighted by molar-refractivity contribution is 5.97. The smallest absolute Gasteiger partial charge is 0.305 e. The summed E-state index contributed by atoms with van der Waals surface area (Å²) in [7, 11) is 0. The van der Waals surface area contributed by atoms with Gasteiger partial charge in [-0.3, -0.25) is 14.9 Å². The number of nitrogens with zero attached hydrogens (tertiary/aromatic N) is 2. The summed E-state index contributed by atoms with van der Waals surface area (Å²) >= 11 is 0. The molecule has 0 N–H and O–H groups in total. The van der Waals surface area contributed by atoms with Gasteiger partial charge in [0.15, 0.2) is 0 Å². The van der Waals surface area contributed by atoms with E-state index in [2.05, 4.69) is 4.99 Å². The van der Waals surface area contributed by atoms with E-state index in [0.717, 1.165) is 11.3 Å². The van der Waals surface area contributed by atoms with Crippen LogP contribution in [0.3, 0.4) is 0 Å². The molecular weight excluding hydrogens is 348 g/mol. The van der Waals surface area contributed by atoms with Crippen LogP contribution in [0, 0.1) is 10.1 Å². The predicted molar refractivity (Wildman–Crippen MR) is 100 cm³/mol. The summed E-state index contributed by atoms with van der Waals surface area (Å²) in [6, 6.07) is 13.6. The highest BCUT2D eigenvalue weighted by atomic mass is 16.6. The Morgan fingerprint density at radius 2 is 1.93 bits per heavy atom. The number of carbonyl (C=O) groups excluding carboxylic acids is 1. The molecule has 27 heavy (non-hydrogen) atoms. The number of ether oxygens (including phenoxy) is 2. The first-order valence-electron chi connectivity index (χ1n) is 8.70. The second kappa shape index (κ2) is 7.57. The van der Waals surface area contributed by atoms with Crippen molar-refractivity contribution < 1.29 is 19.2 Å². The third-order valence-corrected chi connectivity index (χ3v) is 4.45. The Labute approximate surface area is 156 Å². The number of nitro benzene ring substituents is 1. The molecule has 7 nitrogen and oxygen atoms in total. The van der Waals surface area contributed by atoms with E-state index in [1.54, 1.807) is 19.1 Å². The van der Waals surface area contributed by atoms with Crippen molar-refractivity contribution in [2.24, 2.45) is 4.99 Å². The number of hydrogen-bond acceptors (Lipinski definition) is 6. The molecule has 0 aromatic heterocycles. The molecule has 0 bridgehead atoms. The minimum absolute atomic E-state index is 0.000586. The fraction of sp³-hybridized carbons (Fsp3) is 0.300. The van der Waals surface area contributed by atoms with Crippen LogP contribution in [0.1, 0.15) is 37.8 Å². The molecule has 2 aromatic carbocycles. The largest absolute Gasteiger partial charge is 0.466 e. The Morgan fingerprint density at radius 3 is 2.59 bits per heavy atom. The van der Waals surface area contributed by atoms with Crippen LogP contribution in [-0.2, 0) is 19.9 Å². The molecule has 0 spiro atoms. The molecule has 1 aliphatic heterocycles. The van der Waals surface area contributed by atoms with Gasteiger partial charge >= 0.3 is 5.97 Å². The maximum absolute atomic E-state index is 11.8. The van der Waals surface area contributed by atoms with Crippen molar-refractivity contribution in [1.82, 2.24) is 0 Å². The zero-order valence-electron chi connectivity index (χ0n) is 15.2. The number of rotatable bonds is 6. The number of non-ortho nitro benzene ring substituents is 1. The van der Waals surface area contributed by atoms with Crippen LogP contribution in [0.4, 0.5) is 11.4 Å². The fourth-order valence-corrected chi connectivity index (χ4v) is 3.03. The molecule has 0 saturated heterocycles. The standard InChI is InChI=1S/C20H20N2O5/c1-3-26-18(23)12-13-20(2)16-6-4-5-7-17(16)21-19(27-20)14-8-10-15(11-9-14)22(24)25/h4-11H,3,12-13H2,1-2H3. The first kappa shape index (κ1) is 18.6. The van der Waals surface area contributed by atoms with Crippen molar-refractivity contribution in [1.29, 1.82) is 0 Å². The van der Waals surface area contributed by atoms with E-state index < -0.39 is 10.5 Å². The number of esters is 1. The van der Waals surface area contributed by atoms with Crippen LogP contribution >= 0.6 is 0 Å². The summed E-state index contributed by atoms with van der Waals surface area (Å²) in [4.78, 5) is 26.8. The van der Waals surface area contributed by atoms with Gasteiger partial charge < -0.3 is 9.47 Å². The molecule has 1 aliphatic rings. The van der Waals surface area contributed by atoms with Crippen LogP contribution < -0.4 is 0 Å². The van der Waals surface area contributed by atoms with E-state index in [9.17, 15) is 14.9 Å². The minimum Gasteiger partial charge on any atom is -0.466 e. The average molecular weight is 368 g/mol. The number of benzene rings is 2. The van der Waals surface area contributed by atoms with Crippen molar-refractivity contribution in [2.45, 2.75) is 32.3 Å². The summed E-state index contributed by atoms with van der Waals surface area (Å²) in [6.45, 7) is 4.01. The number of aliphatic imine (C=N–C) groups is 1. The second-order valence-electron chi connectivity index (χ2n) is 6.38. The quantitative estimate of drug-likeness (QED) is 0.431. The number of para-hydroxylation sites is 1. The van der Waals surface area contributed by atoms with E-state index >= 15 is 0 Å².